The molecule has 0 unspecified atom stereocenters. The molecule has 2 aromatic carbocycles. The van der Waals surface area contributed by atoms with Crippen LogP contribution in [-0.4, -0.2) is 52.0 Å². The van der Waals surface area contributed by atoms with Crippen molar-refractivity contribution < 1.29 is 14.7 Å². The molecule has 30 heavy (non-hydrogen) atoms. The van der Waals surface area contributed by atoms with E-state index in [1.165, 1.54) is 0 Å². The molecule has 1 aromatic heterocycles. The lowest BCUT2D eigenvalue weighted by molar-refractivity contribution is -0.140. The zero-order valence-corrected chi connectivity index (χ0v) is 17.0. The summed E-state index contributed by atoms with van der Waals surface area (Å²) in [6.07, 6.45) is 2.73. The minimum Gasteiger partial charge on any atom is -0.381 e. The molecule has 0 radical (unpaired) electrons. The van der Waals surface area contributed by atoms with Crippen LogP contribution in [0.4, 0.5) is 0 Å². The van der Waals surface area contributed by atoms with Crippen molar-refractivity contribution >= 4 is 34.3 Å². The fourth-order valence-electron chi connectivity index (χ4n) is 3.60. The Hall–Kier alpha value is -3.09. The predicted octanol–water partition coefficient (Wildman–Crippen LogP) is 2.92. The number of benzene rings is 2. The molecule has 0 saturated carbocycles. The number of hydrogen-bond acceptors (Lipinski definition) is 3. The average molecular weight is 424 g/mol. The number of aliphatic hydroxyl groups is 1. The molecule has 1 aliphatic heterocycles. The van der Waals surface area contributed by atoms with Crippen LogP contribution in [0.2, 0.25) is 5.02 Å². The maximum atomic E-state index is 12.9. The molecule has 0 spiro atoms. The van der Waals surface area contributed by atoms with Crippen LogP contribution >= 0.6 is 11.6 Å². The zero-order valence-electron chi connectivity index (χ0n) is 16.2. The van der Waals surface area contributed by atoms with Gasteiger partial charge < -0.3 is 20.3 Å². The van der Waals surface area contributed by atoms with Crippen LogP contribution in [0, 0.1) is 0 Å². The normalized spacial score (nSPS) is 15.3. The van der Waals surface area contributed by atoms with E-state index < -0.39 is 24.0 Å². The Kier molecular flexibility index (Phi) is 5.88. The van der Waals surface area contributed by atoms with Crippen LogP contribution in [0.25, 0.3) is 10.9 Å². The summed E-state index contributed by atoms with van der Waals surface area (Å²) in [6.45, 7) is 0.926. The largest absolute Gasteiger partial charge is 0.381 e. The first-order chi connectivity index (χ1) is 14.5. The lowest BCUT2D eigenvalue weighted by atomic mass is 10.00. The van der Waals surface area contributed by atoms with Crippen LogP contribution in [-0.2, 0) is 11.2 Å². The van der Waals surface area contributed by atoms with Gasteiger partial charge in [-0.15, -0.1) is 0 Å². The lowest BCUT2D eigenvalue weighted by Crippen LogP contribution is -2.52. The molecular weight excluding hydrogens is 402 g/mol. The van der Waals surface area contributed by atoms with Gasteiger partial charge in [-0.25, -0.2) is 0 Å². The van der Waals surface area contributed by atoms with E-state index in [0.717, 1.165) is 16.5 Å². The van der Waals surface area contributed by atoms with Gasteiger partial charge in [0.2, 0.25) is 0 Å². The second-order valence-corrected chi connectivity index (χ2v) is 7.78. The first kappa shape index (κ1) is 20.2. The number of rotatable bonds is 6. The van der Waals surface area contributed by atoms with Crippen molar-refractivity contribution in [2.45, 2.75) is 18.6 Å². The van der Waals surface area contributed by atoms with Crippen LogP contribution in [0.3, 0.4) is 0 Å². The second-order valence-electron chi connectivity index (χ2n) is 7.34. The summed E-state index contributed by atoms with van der Waals surface area (Å²) in [4.78, 5) is 30.3. The number of aliphatic hydroxyl groups excluding tert-OH is 1. The number of aromatic nitrogens is 1. The van der Waals surface area contributed by atoms with Crippen LogP contribution in [0.15, 0.2) is 66.7 Å². The summed E-state index contributed by atoms with van der Waals surface area (Å²) in [5, 5.41) is 15.0. The highest BCUT2D eigenvalue weighted by molar-refractivity contribution is 6.31. The number of amides is 2. The van der Waals surface area contributed by atoms with Gasteiger partial charge in [-0.3, -0.25) is 9.59 Å². The number of nitrogens with one attached hydrogen (secondary N) is 2. The molecule has 2 amide bonds. The van der Waals surface area contributed by atoms with Crippen LogP contribution in [0.1, 0.15) is 16.1 Å². The summed E-state index contributed by atoms with van der Waals surface area (Å²) in [5.74, 6) is -0.792. The topological polar surface area (TPSA) is 85.4 Å². The van der Waals surface area contributed by atoms with Crippen molar-refractivity contribution in [3.63, 3.8) is 0 Å². The van der Waals surface area contributed by atoms with Gasteiger partial charge in [0.1, 0.15) is 5.69 Å². The van der Waals surface area contributed by atoms with E-state index in [4.69, 9.17) is 11.6 Å². The first-order valence-corrected chi connectivity index (χ1v) is 10.1. The minimum atomic E-state index is -1.35. The second kappa shape index (κ2) is 8.73. The Labute approximate surface area is 179 Å². The summed E-state index contributed by atoms with van der Waals surface area (Å²) < 4.78 is 0. The van der Waals surface area contributed by atoms with Gasteiger partial charge >= 0.3 is 0 Å². The SMILES string of the molecule is O=C(N[C@H](Cc1ccccc1)[C@@H](O)C(=O)N1CC=CC1)c1cc2cc(Cl)ccc2[nH]1. The molecule has 0 bridgehead atoms. The number of fused-ring (bicyclic) bond motifs is 1. The predicted molar refractivity (Wildman–Crippen MR) is 116 cm³/mol. The van der Waals surface area contributed by atoms with Gasteiger partial charge in [0, 0.05) is 29.0 Å². The smallest absolute Gasteiger partial charge is 0.268 e. The maximum absolute atomic E-state index is 12.9. The van der Waals surface area contributed by atoms with Crippen molar-refractivity contribution in [3.8, 4) is 0 Å². The molecule has 4 rings (SSSR count). The minimum absolute atomic E-state index is 0.326. The van der Waals surface area contributed by atoms with E-state index in [1.54, 1.807) is 29.2 Å². The summed E-state index contributed by atoms with van der Waals surface area (Å²) in [7, 11) is 0. The van der Waals surface area contributed by atoms with Gasteiger partial charge in [-0.2, -0.15) is 0 Å². The quantitative estimate of drug-likeness (QED) is 0.533. The third-order valence-electron chi connectivity index (χ3n) is 5.21. The third kappa shape index (κ3) is 4.40. The number of carbonyl (C=O) groups excluding carboxylic acids is 2. The highest BCUT2D eigenvalue weighted by Gasteiger charge is 2.32. The number of halogens is 1. The van der Waals surface area contributed by atoms with Crippen molar-refractivity contribution in [1.29, 1.82) is 0 Å². The van der Waals surface area contributed by atoms with Crippen molar-refractivity contribution in [2.24, 2.45) is 0 Å². The molecule has 0 fully saturated rings. The Balaban J connectivity index is 1.55. The third-order valence-corrected chi connectivity index (χ3v) is 5.44. The summed E-state index contributed by atoms with van der Waals surface area (Å²) in [6, 6.07) is 15.7. The van der Waals surface area contributed by atoms with Crippen molar-refractivity contribution in [1.82, 2.24) is 15.2 Å². The van der Waals surface area contributed by atoms with E-state index in [-0.39, 0.29) is 0 Å². The summed E-state index contributed by atoms with van der Waals surface area (Å²) in [5.41, 5.74) is 2.04. The first-order valence-electron chi connectivity index (χ1n) is 9.76. The van der Waals surface area contributed by atoms with Gasteiger partial charge in [0.05, 0.1) is 6.04 Å². The molecule has 2 heterocycles. The maximum Gasteiger partial charge on any atom is 0.268 e. The Morgan fingerprint density at radius 3 is 2.57 bits per heavy atom. The fraction of sp³-hybridized carbons (Fsp3) is 0.217. The number of H-pyrrole nitrogens is 1. The monoisotopic (exact) mass is 423 g/mol. The zero-order chi connectivity index (χ0) is 21.1. The molecule has 3 N–H and O–H groups in total. The molecule has 154 valence electrons. The van der Waals surface area contributed by atoms with Gasteiger partial charge in [-0.05, 0) is 36.2 Å². The molecule has 2 atom stereocenters. The molecule has 0 saturated heterocycles. The van der Waals surface area contributed by atoms with E-state index in [2.05, 4.69) is 10.3 Å². The average Bonchev–Trinajstić information content (AvgIpc) is 3.42. The van der Waals surface area contributed by atoms with Crippen molar-refractivity contribution in [2.75, 3.05) is 13.1 Å². The molecule has 3 aromatic rings. The van der Waals surface area contributed by atoms with Crippen molar-refractivity contribution in [3.05, 3.63) is 83.0 Å². The molecule has 6 nitrogen and oxygen atoms in total. The van der Waals surface area contributed by atoms with E-state index in [1.807, 2.05) is 42.5 Å². The van der Waals surface area contributed by atoms with Crippen LogP contribution in [0.5, 0.6) is 0 Å². The van der Waals surface area contributed by atoms with E-state index in [9.17, 15) is 14.7 Å². The molecule has 0 aliphatic carbocycles. The number of hydrogen-bond donors (Lipinski definition) is 3. The lowest BCUT2D eigenvalue weighted by Gasteiger charge is -2.27. The Bertz CT molecular complexity index is 1090. The number of nitrogens with zero attached hydrogens (tertiary/aromatic N) is 1. The molecule has 7 heteroatoms. The fourth-order valence-corrected chi connectivity index (χ4v) is 3.78. The standard InChI is InChI=1S/C23H22ClN3O3/c24-17-8-9-18-16(13-17)14-20(25-18)22(29)26-19(12-15-6-2-1-3-7-15)21(28)23(30)27-10-4-5-11-27/h1-9,13-14,19,21,25,28H,10-12H2,(H,26,29)/t19-,21-/m1/s1. The van der Waals surface area contributed by atoms with Gasteiger partial charge in [-0.1, -0.05) is 54.1 Å². The Morgan fingerprint density at radius 1 is 1.10 bits per heavy atom. The number of carbonyl (C=O) groups is 2. The summed E-state index contributed by atoms with van der Waals surface area (Å²) >= 11 is 6.03. The molecule has 1 aliphatic rings. The Morgan fingerprint density at radius 2 is 1.83 bits per heavy atom. The van der Waals surface area contributed by atoms with Crippen LogP contribution < -0.4 is 5.32 Å². The highest BCUT2D eigenvalue weighted by Crippen LogP contribution is 2.20. The highest BCUT2D eigenvalue weighted by atomic mass is 35.5. The van der Waals surface area contributed by atoms with E-state index >= 15 is 0 Å². The van der Waals surface area contributed by atoms with E-state index in [0.29, 0.717) is 30.2 Å². The van der Waals surface area contributed by atoms with Gasteiger partial charge in [0.25, 0.3) is 11.8 Å². The van der Waals surface area contributed by atoms with Gasteiger partial charge in [0.15, 0.2) is 6.10 Å². The molecular formula is C23H22ClN3O3. The number of aromatic amines is 1.